The molecule has 1 saturated heterocycles. The lowest BCUT2D eigenvalue weighted by Crippen LogP contribution is -2.42. The zero-order valence-electron chi connectivity index (χ0n) is 10.8. The summed E-state index contributed by atoms with van der Waals surface area (Å²) in [6.45, 7) is 0.0425. The van der Waals surface area contributed by atoms with Crippen LogP contribution < -0.4 is 9.46 Å². The first-order valence-electron chi connectivity index (χ1n) is 5.91. The summed E-state index contributed by atoms with van der Waals surface area (Å²) in [4.78, 5) is 11.0. The van der Waals surface area contributed by atoms with Gasteiger partial charge in [0.1, 0.15) is 5.75 Å². The quantitative estimate of drug-likeness (QED) is 0.798. The van der Waals surface area contributed by atoms with Gasteiger partial charge in [-0.15, -0.1) is 0 Å². The van der Waals surface area contributed by atoms with Gasteiger partial charge in [0.2, 0.25) is 10.0 Å². The highest BCUT2D eigenvalue weighted by atomic mass is 32.2. The van der Waals surface area contributed by atoms with E-state index in [0.717, 1.165) is 0 Å². The number of carboxylic acid groups (broad SMARTS) is 1. The number of nitrogens with one attached hydrogen (secondary N) is 1. The summed E-state index contributed by atoms with van der Waals surface area (Å²) in [7, 11) is -2.38. The molecule has 2 N–H and O–H groups in total. The number of rotatable bonds is 5. The lowest BCUT2D eigenvalue weighted by molar-refractivity contribution is -0.142. The van der Waals surface area contributed by atoms with Crippen LogP contribution in [0.2, 0.25) is 0 Å². The number of aliphatic carboxylic acids is 1. The van der Waals surface area contributed by atoms with Gasteiger partial charge in [-0.1, -0.05) is 6.07 Å². The molecule has 0 aliphatic carbocycles. The van der Waals surface area contributed by atoms with Crippen LogP contribution in [0.5, 0.6) is 5.75 Å². The average molecular weight is 301 g/mol. The van der Waals surface area contributed by atoms with Crippen LogP contribution >= 0.6 is 0 Å². The smallest absolute Gasteiger partial charge is 0.310 e. The number of methoxy groups -OCH3 is 1. The predicted molar refractivity (Wildman–Crippen MR) is 69.0 cm³/mol. The lowest BCUT2D eigenvalue weighted by Gasteiger charge is -2.16. The molecule has 0 bridgehead atoms. The van der Waals surface area contributed by atoms with Crippen LogP contribution in [-0.2, 0) is 19.6 Å². The van der Waals surface area contributed by atoms with Crippen LogP contribution in [0.3, 0.4) is 0 Å². The van der Waals surface area contributed by atoms with Gasteiger partial charge in [0.15, 0.2) is 0 Å². The monoisotopic (exact) mass is 301 g/mol. The molecule has 0 spiro atoms. The molecule has 7 nitrogen and oxygen atoms in total. The molecule has 1 fully saturated rings. The first kappa shape index (κ1) is 14.8. The third-order valence-electron chi connectivity index (χ3n) is 3.06. The van der Waals surface area contributed by atoms with Gasteiger partial charge in [0.25, 0.3) is 0 Å². The van der Waals surface area contributed by atoms with Crippen molar-refractivity contribution in [3.05, 3.63) is 24.3 Å². The SMILES string of the molecule is COc1cccc(S(=O)(=O)NC2COCC2C(=O)O)c1. The molecule has 1 aliphatic rings. The molecule has 2 atom stereocenters. The van der Waals surface area contributed by atoms with Gasteiger partial charge in [0, 0.05) is 6.07 Å². The second-order valence-corrected chi connectivity index (χ2v) is 6.10. The summed E-state index contributed by atoms with van der Waals surface area (Å²) in [5.74, 6) is -1.55. The van der Waals surface area contributed by atoms with E-state index in [0.29, 0.717) is 5.75 Å². The van der Waals surface area contributed by atoms with E-state index < -0.39 is 28.0 Å². The summed E-state index contributed by atoms with van der Waals surface area (Å²) in [5, 5.41) is 9.00. The third-order valence-corrected chi connectivity index (χ3v) is 4.54. The maximum absolute atomic E-state index is 12.2. The molecule has 1 aromatic carbocycles. The van der Waals surface area contributed by atoms with Crippen LogP contribution in [0.4, 0.5) is 0 Å². The van der Waals surface area contributed by atoms with E-state index in [1.54, 1.807) is 12.1 Å². The topological polar surface area (TPSA) is 102 Å². The minimum absolute atomic E-state index is 0.000626. The Hall–Kier alpha value is -1.64. The van der Waals surface area contributed by atoms with Crippen LogP contribution in [0.15, 0.2) is 29.2 Å². The highest BCUT2D eigenvalue weighted by Gasteiger charge is 2.37. The number of carbonyl (C=O) groups is 1. The van der Waals surface area contributed by atoms with E-state index in [9.17, 15) is 13.2 Å². The van der Waals surface area contributed by atoms with E-state index in [1.807, 2.05) is 0 Å². The zero-order chi connectivity index (χ0) is 14.8. The Balaban J connectivity index is 2.20. The lowest BCUT2D eigenvalue weighted by atomic mass is 10.1. The number of hydrogen-bond acceptors (Lipinski definition) is 5. The van der Waals surface area contributed by atoms with Crippen LogP contribution in [0, 0.1) is 5.92 Å². The van der Waals surface area contributed by atoms with Gasteiger partial charge in [-0.2, -0.15) is 0 Å². The molecule has 0 amide bonds. The van der Waals surface area contributed by atoms with Gasteiger partial charge in [-0.25, -0.2) is 13.1 Å². The van der Waals surface area contributed by atoms with E-state index in [2.05, 4.69) is 4.72 Å². The summed E-state index contributed by atoms with van der Waals surface area (Å²) in [5.41, 5.74) is 0. The maximum Gasteiger partial charge on any atom is 0.310 e. The third kappa shape index (κ3) is 3.09. The number of hydrogen-bond donors (Lipinski definition) is 2. The summed E-state index contributed by atoms with van der Waals surface area (Å²) in [6.07, 6.45) is 0. The molecule has 0 radical (unpaired) electrons. The zero-order valence-corrected chi connectivity index (χ0v) is 11.6. The summed E-state index contributed by atoms with van der Waals surface area (Å²) in [6, 6.07) is 5.18. The number of carboxylic acids is 1. The second-order valence-electron chi connectivity index (χ2n) is 4.39. The molecule has 20 heavy (non-hydrogen) atoms. The van der Waals surface area contributed by atoms with E-state index in [4.69, 9.17) is 14.6 Å². The van der Waals surface area contributed by atoms with Crippen molar-refractivity contribution in [1.82, 2.24) is 4.72 Å². The predicted octanol–water partition coefficient (Wildman–Crippen LogP) is 0.0731. The Morgan fingerprint density at radius 2 is 2.20 bits per heavy atom. The minimum atomic E-state index is -3.82. The van der Waals surface area contributed by atoms with Crippen molar-refractivity contribution < 1.29 is 27.8 Å². The van der Waals surface area contributed by atoms with Crippen LogP contribution in [0.25, 0.3) is 0 Å². The van der Waals surface area contributed by atoms with Crippen molar-refractivity contribution in [2.24, 2.45) is 5.92 Å². The molecule has 2 unspecified atom stereocenters. The Labute approximate surface area is 116 Å². The van der Waals surface area contributed by atoms with Crippen molar-refractivity contribution in [3.8, 4) is 5.75 Å². The van der Waals surface area contributed by atoms with Crippen LogP contribution in [-0.4, -0.2) is 45.9 Å². The van der Waals surface area contributed by atoms with Crippen molar-refractivity contribution in [1.29, 1.82) is 0 Å². The normalized spacial score (nSPS) is 22.6. The van der Waals surface area contributed by atoms with Gasteiger partial charge >= 0.3 is 5.97 Å². The van der Waals surface area contributed by atoms with Crippen molar-refractivity contribution in [3.63, 3.8) is 0 Å². The molecular weight excluding hydrogens is 286 g/mol. The Kier molecular flexibility index (Phi) is 4.26. The average Bonchev–Trinajstić information content (AvgIpc) is 2.86. The fourth-order valence-electron chi connectivity index (χ4n) is 1.95. The van der Waals surface area contributed by atoms with Crippen LogP contribution in [0.1, 0.15) is 0 Å². The molecule has 1 heterocycles. The standard InChI is InChI=1S/C12H15NO6S/c1-18-8-3-2-4-9(5-8)20(16,17)13-11-7-19-6-10(11)12(14)15/h2-5,10-11,13H,6-7H2,1H3,(H,14,15). The van der Waals surface area contributed by atoms with Crippen molar-refractivity contribution in [2.75, 3.05) is 20.3 Å². The molecule has 2 rings (SSSR count). The summed E-state index contributed by atoms with van der Waals surface area (Å²) < 4.78 is 36.8. The number of sulfonamides is 1. The van der Waals surface area contributed by atoms with Crippen molar-refractivity contribution >= 4 is 16.0 Å². The fourth-order valence-corrected chi connectivity index (χ4v) is 3.25. The highest BCUT2D eigenvalue weighted by molar-refractivity contribution is 7.89. The molecule has 1 aromatic rings. The fraction of sp³-hybridized carbons (Fsp3) is 0.417. The number of benzene rings is 1. The molecule has 1 aliphatic heterocycles. The first-order valence-corrected chi connectivity index (χ1v) is 7.39. The van der Waals surface area contributed by atoms with Gasteiger partial charge in [0.05, 0.1) is 37.2 Å². The maximum atomic E-state index is 12.2. The minimum Gasteiger partial charge on any atom is -0.497 e. The highest BCUT2D eigenvalue weighted by Crippen LogP contribution is 2.20. The Morgan fingerprint density at radius 3 is 2.85 bits per heavy atom. The van der Waals surface area contributed by atoms with E-state index >= 15 is 0 Å². The molecule has 0 aromatic heterocycles. The molecule has 110 valence electrons. The molecular formula is C12H15NO6S. The number of ether oxygens (including phenoxy) is 2. The second kappa shape index (κ2) is 5.78. The Morgan fingerprint density at radius 1 is 1.45 bits per heavy atom. The van der Waals surface area contributed by atoms with E-state index in [1.165, 1.54) is 19.2 Å². The van der Waals surface area contributed by atoms with E-state index in [-0.39, 0.29) is 18.1 Å². The summed E-state index contributed by atoms with van der Waals surface area (Å²) >= 11 is 0. The van der Waals surface area contributed by atoms with Gasteiger partial charge < -0.3 is 14.6 Å². The Bertz CT molecular complexity index is 600. The van der Waals surface area contributed by atoms with Crippen molar-refractivity contribution in [2.45, 2.75) is 10.9 Å². The first-order chi connectivity index (χ1) is 9.44. The molecule has 0 saturated carbocycles. The largest absolute Gasteiger partial charge is 0.497 e. The van der Waals surface area contributed by atoms with Gasteiger partial charge in [-0.3, -0.25) is 4.79 Å². The molecule has 8 heteroatoms. The van der Waals surface area contributed by atoms with Gasteiger partial charge in [-0.05, 0) is 12.1 Å².